The van der Waals surface area contributed by atoms with Crippen LogP contribution >= 0.6 is 0 Å². The van der Waals surface area contributed by atoms with E-state index in [2.05, 4.69) is 18.7 Å². The summed E-state index contributed by atoms with van der Waals surface area (Å²) in [6, 6.07) is 0. The van der Waals surface area contributed by atoms with Crippen molar-refractivity contribution in [2.75, 3.05) is 19.6 Å². The molecule has 0 heterocycles. The Kier molecular flexibility index (Phi) is 3.91. The minimum absolute atomic E-state index is 0.359. The fourth-order valence-corrected chi connectivity index (χ4v) is 3.43. The lowest BCUT2D eigenvalue weighted by Crippen LogP contribution is -2.53. The SMILES string of the molecule is CCC1CCC(CN)(N(CC)CC2CC2)C1. The van der Waals surface area contributed by atoms with Gasteiger partial charge < -0.3 is 5.73 Å². The van der Waals surface area contributed by atoms with Crippen molar-refractivity contribution in [3.05, 3.63) is 0 Å². The van der Waals surface area contributed by atoms with Gasteiger partial charge in [-0.25, -0.2) is 0 Å². The van der Waals surface area contributed by atoms with Gasteiger partial charge in [0.1, 0.15) is 0 Å². The van der Waals surface area contributed by atoms with Crippen LogP contribution in [0.2, 0.25) is 0 Å². The summed E-state index contributed by atoms with van der Waals surface area (Å²) in [6.07, 6.45) is 8.32. The molecule has 0 amide bonds. The van der Waals surface area contributed by atoms with Crippen LogP contribution in [0.1, 0.15) is 52.4 Å². The molecule has 2 fully saturated rings. The highest BCUT2D eigenvalue weighted by Gasteiger charge is 2.42. The lowest BCUT2D eigenvalue weighted by atomic mass is 9.92. The van der Waals surface area contributed by atoms with Crippen LogP contribution in [0, 0.1) is 11.8 Å². The van der Waals surface area contributed by atoms with Gasteiger partial charge in [-0.05, 0) is 50.5 Å². The normalized spacial score (nSPS) is 34.9. The third kappa shape index (κ3) is 2.43. The molecule has 0 aromatic rings. The van der Waals surface area contributed by atoms with Crippen molar-refractivity contribution in [2.45, 2.75) is 57.9 Å². The Morgan fingerprint density at radius 1 is 1.19 bits per heavy atom. The van der Waals surface area contributed by atoms with Crippen LogP contribution in [0.3, 0.4) is 0 Å². The van der Waals surface area contributed by atoms with Gasteiger partial charge in [0.25, 0.3) is 0 Å². The first-order valence-corrected chi connectivity index (χ1v) is 7.19. The van der Waals surface area contributed by atoms with Crippen molar-refractivity contribution >= 4 is 0 Å². The topological polar surface area (TPSA) is 29.3 Å². The number of hydrogen-bond acceptors (Lipinski definition) is 2. The standard InChI is InChI=1S/C14H28N2/c1-3-12-7-8-14(9-12,11-15)16(4-2)10-13-5-6-13/h12-13H,3-11,15H2,1-2H3. The van der Waals surface area contributed by atoms with Crippen molar-refractivity contribution < 1.29 is 0 Å². The summed E-state index contributed by atoms with van der Waals surface area (Å²) < 4.78 is 0. The molecule has 2 aliphatic carbocycles. The van der Waals surface area contributed by atoms with E-state index in [1.165, 1.54) is 51.6 Å². The molecule has 0 radical (unpaired) electrons. The molecular formula is C14H28N2. The number of rotatable bonds is 6. The summed E-state index contributed by atoms with van der Waals surface area (Å²) in [6.45, 7) is 7.99. The fourth-order valence-electron chi connectivity index (χ4n) is 3.43. The molecule has 2 N–H and O–H groups in total. The van der Waals surface area contributed by atoms with E-state index in [0.29, 0.717) is 5.54 Å². The maximum absolute atomic E-state index is 6.12. The lowest BCUT2D eigenvalue weighted by Gasteiger charge is -2.40. The summed E-state index contributed by atoms with van der Waals surface area (Å²) in [4.78, 5) is 2.71. The second kappa shape index (κ2) is 5.05. The van der Waals surface area contributed by atoms with E-state index in [1.54, 1.807) is 0 Å². The molecule has 2 heteroatoms. The van der Waals surface area contributed by atoms with Crippen molar-refractivity contribution in [3.8, 4) is 0 Å². The molecule has 16 heavy (non-hydrogen) atoms. The van der Waals surface area contributed by atoms with Crippen LogP contribution in [-0.2, 0) is 0 Å². The molecular weight excluding hydrogens is 196 g/mol. The third-order valence-corrected chi connectivity index (χ3v) is 4.87. The lowest BCUT2D eigenvalue weighted by molar-refractivity contribution is 0.0953. The smallest absolute Gasteiger partial charge is 0.0334 e. The zero-order chi connectivity index (χ0) is 11.6. The van der Waals surface area contributed by atoms with Crippen LogP contribution in [-0.4, -0.2) is 30.1 Å². The first kappa shape index (κ1) is 12.4. The van der Waals surface area contributed by atoms with Gasteiger partial charge in [-0.3, -0.25) is 4.90 Å². The molecule has 2 aliphatic rings. The second-order valence-electron chi connectivity index (χ2n) is 5.93. The number of nitrogens with zero attached hydrogens (tertiary/aromatic N) is 1. The molecule has 0 aromatic heterocycles. The highest BCUT2D eigenvalue weighted by atomic mass is 15.2. The van der Waals surface area contributed by atoms with Gasteiger partial charge in [0.15, 0.2) is 0 Å². The van der Waals surface area contributed by atoms with Gasteiger partial charge in [0.05, 0.1) is 0 Å². The van der Waals surface area contributed by atoms with Gasteiger partial charge >= 0.3 is 0 Å². The predicted octanol–water partition coefficient (Wildman–Crippen LogP) is 2.63. The highest BCUT2D eigenvalue weighted by Crippen LogP contribution is 2.42. The largest absolute Gasteiger partial charge is 0.329 e. The maximum atomic E-state index is 6.12. The molecule has 0 aromatic carbocycles. The first-order chi connectivity index (χ1) is 7.74. The maximum Gasteiger partial charge on any atom is 0.0334 e. The Hall–Kier alpha value is -0.0800. The Morgan fingerprint density at radius 3 is 2.38 bits per heavy atom. The molecule has 0 saturated heterocycles. The summed E-state index contributed by atoms with van der Waals surface area (Å²) >= 11 is 0. The van der Waals surface area contributed by atoms with Crippen molar-refractivity contribution in [1.29, 1.82) is 0 Å². The van der Waals surface area contributed by atoms with E-state index in [4.69, 9.17) is 5.73 Å². The quantitative estimate of drug-likeness (QED) is 0.751. The first-order valence-electron chi connectivity index (χ1n) is 7.19. The Balaban J connectivity index is 2.00. The molecule has 2 rings (SSSR count). The van der Waals surface area contributed by atoms with Gasteiger partial charge in [-0.15, -0.1) is 0 Å². The van der Waals surface area contributed by atoms with Crippen molar-refractivity contribution in [2.24, 2.45) is 17.6 Å². The monoisotopic (exact) mass is 224 g/mol. The molecule has 0 aliphatic heterocycles. The van der Waals surface area contributed by atoms with Gasteiger partial charge in [-0.1, -0.05) is 20.3 Å². The average Bonchev–Trinajstić information content (AvgIpc) is 3.04. The zero-order valence-corrected chi connectivity index (χ0v) is 11.0. The minimum Gasteiger partial charge on any atom is -0.329 e. The minimum atomic E-state index is 0.359. The van der Waals surface area contributed by atoms with Gasteiger partial charge in [0.2, 0.25) is 0 Å². The predicted molar refractivity (Wildman–Crippen MR) is 69.4 cm³/mol. The summed E-state index contributed by atoms with van der Waals surface area (Å²) in [5, 5.41) is 0. The second-order valence-corrected chi connectivity index (χ2v) is 5.93. The van der Waals surface area contributed by atoms with Crippen LogP contribution < -0.4 is 5.73 Å². The molecule has 94 valence electrons. The van der Waals surface area contributed by atoms with E-state index in [1.807, 2.05) is 0 Å². The van der Waals surface area contributed by atoms with E-state index < -0.39 is 0 Å². The van der Waals surface area contributed by atoms with E-state index >= 15 is 0 Å². The molecule has 2 atom stereocenters. The van der Waals surface area contributed by atoms with Gasteiger partial charge in [0, 0.05) is 18.6 Å². The number of nitrogens with two attached hydrogens (primary N) is 1. The van der Waals surface area contributed by atoms with Crippen LogP contribution in [0.5, 0.6) is 0 Å². The average molecular weight is 224 g/mol. The summed E-state index contributed by atoms with van der Waals surface area (Å²) in [5.74, 6) is 1.92. The fraction of sp³-hybridized carbons (Fsp3) is 1.00. The number of likely N-dealkylation sites (N-methyl/N-ethyl adjacent to an activating group) is 1. The van der Waals surface area contributed by atoms with E-state index in [-0.39, 0.29) is 0 Å². The van der Waals surface area contributed by atoms with Crippen molar-refractivity contribution in [3.63, 3.8) is 0 Å². The molecule has 2 saturated carbocycles. The Morgan fingerprint density at radius 2 is 1.94 bits per heavy atom. The molecule has 2 nitrogen and oxygen atoms in total. The third-order valence-electron chi connectivity index (χ3n) is 4.87. The van der Waals surface area contributed by atoms with Crippen LogP contribution in [0.25, 0.3) is 0 Å². The highest BCUT2D eigenvalue weighted by molar-refractivity contribution is 4.99. The molecule has 0 bridgehead atoms. The number of hydrogen-bond donors (Lipinski definition) is 1. The zero-order valence-electron chi connectivity index (χ0n) is 11.0. The van der Waals surface area contributed by atoms with E-state index in [9.17, 15) is 0 Å². The Bertz CT molecular complexity index is 225. The van der Waals surface area contributed by atoms with Crippen LogP contribution in [0.4, 0.5) is 0 Å². The van der Waals surface area contributed by atoms with E-state index in [0.717, 1.165) is 18.4 Å². The Labute approximate surface area is 101 Å². The van der Waals surface area contributed by atoms with Crippen LogP contribution in [0.15, 0.2) is 0 Å². The van der Waals surface area contributed by atoms with Crippen molar-refractivity contribution in [1.82, 2.24) is 4.90 Å². The summed E-state index contributed by atoms with van der Waals surface area (Å²) in [7, 11) is 0. The molecule has 2 unspecified atom stereocenters. The molecule has 0 spiro atoms. The summed E-state index contributed by atoms with van der Waals surface area (Å²) in [5.41, 5.74) is 6.48. The van der Waals surface area contributed by atoms with Gasteiger partial charge in [-0.2, -0.15) is 0 Å².